The predicted octanol–water partition coefficient (Wildman–Crippen LogP) is 5.66. The summed E-state index contributed by atoms with van der Waals surface area (Å²) < 4.78 is 10.5. The van der Waals surface area contributed by atoms with Gasteiger partial charge in [-0.25, -0.2) is 0 Å². The van der Waals surface area contributed by atoms with Crippen molar-refractivity contribution in [2.45, 2.75) is 104 Å². The molecule has 0 saturated heterocycles. The molecule has 0 radical (unpaired) electrons. The second kappa shape index (κ2) is 16.8. The van der Waals surface area contributed by atoms with Crippen molar-refractivity contribution in [1.82, 2.24) is 0 Å². The van der Waals surface area contributed by atoms with E-state index in [0.29, 0.717) is 6.61 Å². The van der Waals surface area contributed by atoms with Crippen LogP contribution in [0.3, 0.4) is 0 Å². The number of esters is 1. The Kier molecular flexibility index (Phi) is 16.4. The summed E-state index contributed by atoms with van der Waals surface area (Å²) >= 11 is 0. The van der Waals surface area contributed by atoms with E-state index in [1.54, 1.807) is 0 Å². The van der Waals surface area contributed by atoms with Gasteiger partial charge in [-0.1, -0.05) is 77.6 Å². The molecule has 1 unspecified atom stereocenters. The summed E-state index contributed by atoms with van der Waals surface area (Å²) in [5.74, 6) is -0.235. The Morgan fingerprint density at radius 1 is 0.818 bits per heavy atom. The lowest BCUT2D eigenvalue weighted by Gasteiger charge is -2.11. The average molecular weight is 315 g/mol. The minimum atomic E-state index is -0.235. The third kappa shape index (κ3) is 17.5. The molecule has 0 fully saturated rings. The summed E-state index contributed by atoms with van der Waals surface area (Å²) in [4.78, 5) is 10.7. The van der Waals surface area contributed by atoms with Gasteiger partial charge in [0.15, 0.2) is 0 Å². The number of unbranched alkanes of at least 4 members (excludes halogenated alkanes) is 11. The monoisotopic (exact) mass is 314 g/mol. The van der Waals surface area contributed by atoms with Crippen LogP contribution in [-0.2, 0) is 14.3 Å². The van der Waals surface area contributed by atoms with E-state index in [2.05, 4.69) is 6.92 Å². The van der Waals surface area contributed by atoms with Gasteiger partial charge in [-0.05, 0) is 13.3 Å². The Morgan fingerprint density at radius 3 is 1.73 bits per heavy atom. The number of carbonyl (C=O) groups excluding carboxylic acids is 1. The van der Waals surface area contributed by atoms with E-state index in [1.807, 2.05) is 6.92 Å². The summed E-state index contributed by atoms with van der Waals surface area (Å²) in [7, 11) is 0. The van der Waals surface area contributed by atoms with Crippen molar-refractivity contribution in [2.24, 2.45) is 0 Å². The Morgan fingerprint density at radius 2 is 1.27 bits per heavy atom. The zero-order chi connectivity index (χ0) is 16.5. The average Bonchev–Trinajstić information content (AvgIpc) is 2.47. The van der Waals surface area contributed by atoms with Crippen LogP contribution in [0.15, 0.2) is 0 Å². The molecule has 3 nitrogen and oxygen atoms in total. The molecule has 0 spiro atoms. The zero-order valence-electron chi connectivity index (χ0n) is 15.2. The van der Waals surface area contributed by atoms with Crippen LogP contribution in [0.2, 0.25) is 0 Å². The van der Waals surface area contributed by atoms with Crippen molar-refractivity contribution < 1.29 is 14.3 Å². The van der Waals surface area contributed by atoms with Gasteiger partial charge in [0.05, 0.1) is 6.61 Å². The van der Waals surface area contributed by atoms with Crippen LogP contribution >= 0.6 is 0 Å². The normalized spacial score (nSPS) is 12.3. The molecule has 0 aliphatic heterocycles. The van der Waals surface area contributed by atoms with Crippen molar-refractivity contribution in [3.8, 4) is 0 Å². The van der Waals surface area contributed by atoms with Crippen molar-refractivity contribution >= 4 is 5.97 Å². The maximum atomic E-state index is 10.7. The van der Waals surface area contributed by atoms with E-state index >= 15 is 0 Å². The molecule has 0 saturated carbocycles. The molecule has 0 aromatic heterocycles. The van der Waals surface area contributed by atoms with Crippen LogP contribution in [0, 0.1) is 0 Å². The van der Waals surface area contributed by atoms with Gasteiger partial charge in [0, 0.05) is 13.5 Å². The Hall–Kier alpha value is -0.570. The van der Waals surface area contributed by atoms with Crippen LogP contribution < -0.4 is 0 Å². The van der Waals surface area contributed by atoms with Gasteiger partial charge in [-0.2, -0.15) is 0 Å². The molecule has 0 aliphatic rings. The second-order valence-electron chi connectivity index (χ2n) is 6.38. The van der Waals surface area contributed by atoms with Gasteiger partial charge < -0.3 is 9.47 Å². The molecule has 0 N–H and O–H groups in total. The standard InChI is InChI=1S/C19H38O3/c1-4-5-6-7-8-9-10-11-12-13-14-15-16-21-17-18(2)22-19(3)20/h18H,4-17H2,1-3H3. The van der Waals surface area contributed by atoms with Crippen molar-refractivity contribution in [3.05, 3.63) is 0 Å². The third-order valence-corrected chi connectivity index (χ3v) is 3.86. The number of rotatable bonds is 16. The van der Waals surface area contributed by atoms with Crippen LogP contribution in [-0.4, -0.2) is 25.3 Å². The van der Waals surface area contributed by atoms with Crippen LogP contribution in [0.4, 0.5) is 0 Å². The molecule has 0 aliphatic carbocycles. The lowest BCUT2D eigenvalue weighted by Crippen LogP contribution is -2.18. The Balaban J connectivity index is 3.07. The van der Waals surface area contributed by atoms with E-state index in [4.69, 9.17) is 9.47 Å². The van der Waals surface area contributed by atoms with Crippen molar-refractivity contribution in [2.75, 3.05) is 13.2 Å². The van der Waals surface area contributed by atoms with Gasteiger partial charge in [-0.15, -0.1) is 0 Å². The first-order chi connectivity index (χ1) is 10.7. The molecule has 1 atom stereocenters. The van der Waals surface area contributed by atoms with E-state index < -0.39 is 0 Å². The van der Waals surface area contributed by atoms with Crippen molar-refractivity contribution in [1.29, 1.82) is 0 Å². The summed E-state index contributed by atoms with van der Waals surface area (Å²) in [6.45, 7) is 6.86. The van der Waals surface area contributed by atoms with E-state index in [9.17, 15) is 4.79 Å². The largest absolute Gasteiger partial charge is 0.460 e. The lowest BCUT2D eigenvalue weighted by atomic mass is 10.1. The quantitative estimate of drug-likeness (QED) is 0.272. The maximum absolute atomic E-state index is 10.7. The van der Waals surface area contributed by atoms with Gasteiger partial charge in [0.25, 0.3) is 0 Å². The van der Waals surface area contributed by atoms with Gasteiger partial charge >= 0.3 is 5.97 Å². The number of hydrogen-bond acceptors (Lipinski definition) is 3. The molecule has 0 heterocycles. The topological polar surface area (TPSA) is 35.5 Å². The lowest BCUT2D eigenvalue weighted by molar-refractivity contribution is -0.148. The van der Waals surface area contributed by atoms with E-state index in [0.717, 1.165) is 13.0 Å². The molecule has 3 heteroatoms. The highest BCUT2D eigenvalue weighted by Crippen LogP contribution is 2.11. The van der Waals surface area contributed by atoms with E-state index in [-0.39, 0.29) is 12.1 Å². The highest BCUT2D eigenvalue weighted by atomic mass is 16.6. The molecule has 132 valence electrons. The summed E-state index contributed by atoms with van der Waals surface area (Å²) in [5, 5.41) is 0. The number of carbonyl (C=O) groups is 1. The smallest absolute Gasteiger partial charge is 0.302 e. The van der Waals surface area contributed by atoms with E-state index in [1.165, 1.54) is 77.6 Å². The summed E-state index contributed by atoms with van der Waals surface area (Å²) in [6.07, 6.45) is 16.1. The Labute approximate surface area is 138 Å². The van der Waals surface area contributed by atoms with Gasteiger partial charge in [-0.3, -0.25) is 4.79 Å². The highest BCUT2D eigenvalue weighted by molar-refractivity contribution is 5.66. The number of ether oxygens (including phenoxy) is 2. The molecular weight excluding hydrogens is 276 g/mol. The SMILES string of the molecule is CCCCCCCCCCCCCCOCC(C)OC(C)=O. The first-order valence-electron chi connectivity index (χ1n) is 9.41. The molecular formula is C19H38O3. The first-order valence-corrected chi connectivity index (χ1v) is 9.41. The molecule has 0 amide bonds. The fraction of sp³-hybridized carbons (Fsp3) is 0.947. The zero-order valence-corrected chi connectivity index (χ0v) is 15.2. The molecule has 0 rings (SSSR count). The fourth-order valence-electron chi connectivity index (χ4n) is 2.61. The first kappa shape index (κ1) is 21.4. The van der Waals surface area contributed by atoms with Crippen LogP contribution in [0.1, 0.15) is 97.8 Å². The predicted molar refractivity (Wildman–Crippen MR) is 93.1 cm³/mol. The minimum Gasteiger partial charge on any atom is -0.460 e. The second-order valence-corrected chi connectivity index (χ2v) is 6.38. The molecule has 0 aromatic rings. The highest BCUT2D eigenvalue weighted by Gasteiger charge is 2.04. The molecule has 0 aromatic carbocycles. The summed E-state index contributed by atoms with van der Waals surface area (Å²) in [5.41, 5.74) is 0. The maximum Gasteiger partial charge on any atom is 0.302 e. The van der Waals surface area contributed by atoms with Crippen LogP contribution in [0.5, 0.6) is 0 Å². The summed E-state index contributed by atoms with van der Waals surface area (Å²) in [6, 6.07) is 0. The third-order valence-electron chi connectivity index (χ3n) is 3.86. The van der Waals surface area contributed by atoms with Gasteiger partial charge in [0.1, 0.15) is 6.10 Å². The van der Waals surface area contributed by atoms with Crippen LogP contribution in [0.25, 0.3) is 0 Å². The van der Waals surface area contributed by atoms with Gasteiger partial charge in [0.2, 0.25) is 0 Å². The Bertz CT molecular complexity index is 241. The number of hydrogen-bond donors (Lipinski definition) is 0. The minimum absolute atomic E-state index is 0.130. The molecule has 22 heavy (non-hydrogen) atoms. The van der Waals surface area contributed by atoms with Crippen molar-refractivity contribution in [3.63, 3.8) is 0 Å². The fourth-order valence-corrected chi connectivity index (χ4v) is 2.61. The molecule has 0 bridgehead atoms.